The Bertz CT molecular complexity index is 1310. The molecule has 2 unspecified atom stereocenters. The van der Waals surface area contributed by atoms with Crippen molar-refractivity contribution in [3.05, 3.63) is 71.8 Å². The molecule has 0 saturated carbocycles. The van der Waals surface area contributed by atoms with E-state index in [9.17, 15) is 29.1 Å². The van der Waals surface area contributed by atoms with Gasteiger partial charge in [-0.25, -0.2) is 9.59 Å². The molecule has 0 radical (unpaired) electrons. The summed E-state index contributed by atoms with van der Waals surface area (Å²) in [5.74, 6) is -2.40. The smallest absolute Gasteiger partial charge is 0.326 e. The van der Waals surface area contributed by atoms with Crippen molar-refractivity contribution in [2.75, 3.05) is 6.54 Å². The van der Waals surface area contributed by atoms with Crippen LogP contribution in [0.25, 0.3) is 0 Å². The number of aldehydes is 1. The van der Waals surface area contributed by atoms with Gasteiger partial charge in [-0.1, -0.05) is 74.5 Å². The Kier molecular flexibility index (Phi) is 12.7. The van der Waals surface area contributed by atoms with Gasteiger partial charge in [-0.15, -0.1) is 0 Å². The normalized spacial score (nSPS) is 17.1. The van der Waals surface area contributed by atoms with Gasteiger partial charge < -0.3 is 42.2 Å². The van der Waals surface area contributed by atoms with Crippen molar-refractivity contribution in [1.29, 1.82) is 0 Å². The number of aliphatic imine (C=N–C) groups is 1. The van der Waals surface area contributed by atoms with Crippen molar-refractivity contribution < 1.29 is 29.1 Å². The van der Waals surface area contributed by atoms with Gasteiger partial charge in [-0.3, -0.25) is 14.6 Å². The molecule has 3 rings (SSSR count). The van der Waals surface area contributed by atoms with E-state index in [1.807, 2.05) is 44.2 Å². The first-order chi connectivity index (χ1) is 21.0. The third-order valence-electron chi connectivity index (χ3n) is 7.04. The summed E-state index contributed by atoms with van der Waals surface area (Å²) in [4.78, 5) is 67.9. The first-order valence-electron chi connectivity index (χ1n) is 14.6. The zero-order valence-electron chi connectivity index (χ0n) is 24.9. The van der Waals surface area contributed by atoms with E-state index in [0.29, 0.717) is 24.8 Å². The van der Waals surface area contributed by atoms with E-state index in [1.165, 1.54) is 0 Å². The van der Waals surface area contributed by atoms with Crippen LogP contribution in [0.1, 0.15) is 37.8 Å². The van der Waals surface area contributed by atoms with E-state index in [4.69, 9.17) is 5.73 Å². The van der Waals surface area contributed by atoms with Crippen molar-refractivity contribution in [2.24, 2.45) is 16.6 Å². The molecule has 5 atom stereocenters. The maximum Gasteiger partial charge on any atom is 0.326 e. The number of aliphatic carboxylic acids is 1. The number of hydrogen-bond acceptors (Lipinski definition) is 8. The molecule has 0 fully saturated rings. The van der Waals surface area contributed by atoms with Gasteiger partial charge in [0.25, 0.3) is 0 Å². The van der Waals surface area contributed by atoms with Crippen molar-refractivity contribution in [2.45, 2.75) is 69.7 Å². The van der Waals surface area contributed by atoms with E-state index < -0.39 is 54.0 Å². The standard InChI is InChI=1S/C31H41N7O6/c1-19(2)15-24(27(40)34-22(18-39)16-20-9-5-3-6-10-20)35-28(41)26(23-13-14-33-30(32)36-23)38-31(44)37-25(29(42)43)17-21-11-7-4-8-12-21/h3-12,18-19,22-26H,13-17H2,1-2H3,(H,34,40)(H,35,41)(H,42,43)(H3,32,33,36)(H2,37,38,44)/t22?,23-,24-,25-,26?/m0/s1. The molecule has 8 N–H and O–H groups in total. The molecule has 44 heavy (non-hydrogen) atoms. The maximum absolute atomic E-state index is 13.7. The van der Waals surface area contributed by atoms with Gasteiger partial charge >= 0.3 is 12.0 Å². The molecule has 0 aromatic heterocycles. The molecule has 1 heterocycles. The van der Waals surface area contributed by atoms with Gasteiger partial charge in [0.15, 0.2) is 5.96 Å². The van der Waals surface area contributed by atoms with Crippen molar-refractivity contribution in [1.82, 2.24) is 26.6 Å². The molecule has 1 aliphatic rings. The van der Waals surface area contributed by atoms with Gasteiger partial charge in [0.1, 0.15) is 24.4 Å². The lowest BCUT2D eigenvalue weighted by atomic mass is 9.99. The minimum absolute atomic E-state index is 0.00513. The SMILES string of the molecule is CC(C)C[C@H](NC(=O)C(NC(=O)N[C@@H](Cc1ccccc1)C(=O)O)[C@@H]1CCN=C(N)N1)C(=O)NC(C=O)Cc1ccccc1. The van der Waals surface area contributed by atoms with Gasteiger partial charge in [0, 0.05) is 13.0 Å². The number of carboxylic acids is 1. The Morgan fingerprint density at radius 2 is 1.52 bits per heavy atom. The summed E-state index contributed by atoms with van der Waals surface area (Å²) in [5.41, 5.74) is 7.42. The van der Waals surface area contributed by atoms with Crippen LogP contribution in [0, 0.1) is 5.92 Å². The molecule has 1 aliphatic heterocycles. The zero-order chi connectivity index (χ0) is 32.1. The first-order valence-corrected chi connectivity index (χ1v) is 14.6. The molecule has 2 aromatic carbocycles. The van der Waals surface area contributed by atoms with Crippen LogP contribution in [0.15, 0.2) is 65.7 Å². The molecule has 4 amide bonds. The summed E-state index contributed by atoms with van der Waals surface area (Å²) in [6, 6.07) is 12.1. The van der Waals surface area contributed by atoms with Crippen LogP contribution >= 0.6 is 0 Å². The van der Waals surface area contributed by atoms with E-state index in [2.05, 4.69) is 31.6 Å². The topological polar surface area (TPSA) is 204 Å². The zero-order valence-corrected chi connectivity index (χ0v) is 24.9. The fraction of sp³-hybridized carbons (Fsp3) is 0.419. The lowest BCUT2D eigenvalue weighted by molar-refractivity contribution is -0.139. The van der Waals surface area contributed by atoms with Crippen LogP contribution in [-0.4, -0.2) is 77.9 Å². The number of rotatable bonds is 15. The van der Waals surface area contributed by atoms with Gasteiger partial charge in [-0.2, -0.15) is 0 Å². The highest BCUT2D eigenvalue weighted by Crippen LogP contribution is 2.11. The van der Waals surface area contributed by atoms with E-state index >= 15 is 0 Å². The minimum atomic E-state index is -1.27. The quantitative estimate of drug-likeness (QED) is 0.142. The Labute approximate surface area is 256 Å². The number of hydrogen-bond donors (Lipinski definition) is 7. The highest BCUT2D eigenvalue weighted by Gasteiger charge is 2.35. The predicted molar refractivity (Wildman–Crippen MR) is 165 cm³/mol. The van der Waals surface area contributed by atoms with Crippen molar-refractivity contribution in [3.63, 3.8) is 0 Å². The molecule has 0 bridgehead atoms. The van der Waals surface area contributed by atoms with Crippen LogP contribution in [0.5, 0.6) is 0 Å². The summed E-state index contributed by atoms with van der Waals surface area (Å²) >= 11 is 0. The number of carbonyl (C=O) groups excluding carboxylic acids is 4. The third kappa shape index (κ3) is 10.7. The summed E-state index contributed by atoms with van der Waals surface area (Å²) in [5, 5.41) is 23.1. The van der Waals surface area contributed by atoms with E-state index in [0.717, 1.165) is 5.56 Å². The molecule has 0 spiro atoms. The largest absolute Gasteiger partial charge is 0.480 e. The summed E-state index contributed by atoms with van der Waals surface area (Å²) in [7, 11) is 0. The molecule has 236 valence electrons. The summed E-state index contributed by atoms with van der Waals surface area (Å²) in [6.07, 6.45) is 1.54. The van der Waals surface area contributed by atoms with Crippen molar-refractivity contribution >= 4 is 36.1 Å². The second-order valence-electron chi connectivity index (χ2n) is 11.1. The Balaban J connectivity index is 1.75. The number of carboxylic acid groups (broad SMARTS) is 1. The molecule has 13 heteroatoms. The maximum atomic E-state index is 13.7. The monoisotopic (exact) mass is 607 g/mol. The molecular weight excluding hydrogens is 566 g/mol. The molecule has 13 nitrogen and oxygen atoms in total. The second kappa shape index (κ2) is 16.6. The number of nitrogens with two attached hydrogens (primary N) is 1. The Hall–Kier alpha value is -4.94. The number of nitrogens with zero attached hydrogens (tertiary/aromatic N) is 1. The predicted octanol–water partition coefficient (Wildman–Crippen LogP) is 0.484. The summed E-state index contributed by atoms with van der Waals surface area (Å²) in [6.45, 7) is 4.06. The van der Waals surface area contributed by atoms with Gasteiger partial charge in [0.05, 0.1) is 12.1 Å². The number of benzene rings is 2. The van der Waals surface area contributed by atoms with Crippen LogP contribution in [0.2, 0.25) is 0 Å². The van der Waals surface area contributed by atoms with Crippen LogP contribution in [-0.2, 0) is 32.0 Å². The molecule has 0 aliphatic carbocycles. The minimum Gasteiger partial charge on any atom is -0.480 e. The fourth-order valence-electron chi connectivity index (χ4n) is 4.87. The molecular formula is C31H41N7O6. The first kappa shape index (κ1) is 33.6. The summed E-state index contributed by atoms with van der Waals surface area (Å²) < 4.78 is 0. The number of guanidine groups is 1. The molecule has 2 aromatic rings. The van der Waals surface area contributed by atoms with E-state index in [1.54, 1.807) is 30.3 Å². The third-order valence-corrected chi connectivity index (χ3v) is 7.04. The van der Waals surface area contributed by atoms with Crippen LogP contribution in [0.4, 0.5) is 4.79 Å². The average Bonchev–Trinajstić information content (AvgIpc) is 2.99. The molecule has 0 saturated heterocycles. The fourth-order valence-corrected chi connectivity index (χ4v) is 4.87. The number of nitrogens with one attached hydrogen (secondary N) is 5. The second-order valence-corrected chi connectivity index (χ2v) is 11.1. The average molecular weight is 608 g/mol. The van der Waals surface area contributed by atoms with Gasteiger partial charge in [-0.05, 0) is 36.3 Å². The number of carbonyl (C=O) groups is 5. The van der Waals surface area contributed by atoms with Crippen molar-refractivity contribution in [3.8, 4) is 0 Å². The Morgan fingerprint density at radius 3 is 2.07 bits per heavy atom. The highest BCUT2D eigenvalue weighted by atomic mass is 16.4. The van der Waals surface area contributed by atoms with E-state index in [-0.39, 0.29) is 31.1 Å². The van der Waals surface area contributed by atoms with Crippen LogP contribution < -0.4 is 32.3 Å². The lowest BCUT2D eigenvalue weighted by Crippen LogP contribution is -2.64. The number of urea groups is 1. The van der Waals surface area contributed by atoms with Gasteiger partial charge in [0.2, 0.25) is 11.8 Å². The highest BCUT2D eigenvalue weighted by molar-refractivity contribution is 5.94. The van der Waals surface area contributed by atoms with Crippen LogP contribution in [0.3, 0.4) is 0 Å². The Morgan fingerprint density at radius 1 is 0.909 bits per heavy atom. The number of amides is 4. The lowest BCUT2D eigenvalue weighted by Gasteiger charge is -2.32.